The molecule has 6 nitrogen and oxygen atoms in total. The molecule has 0 heterocycles. The summed E-state index contributed by atoms with van der Waals surface area (Å²) in [4.78, 5) is 17.4. The Morgan fingerprint density at radius 2 is 1.11 bits per heavy atom. The highest BCUT2D eigenvalue weighted by Crippen LogP contribution is 2.37. The highest BCUT2D eigenvalue weighted by Gasteiger charge is 2.29. The number of hydrogen-bond acceptors (Lipinski definition) is 4. The van der Waals surface area contributed by atoms with Gasteiger partial charge >= 0.3 is 7.82 Å². The minimum absolute atomic E-state index is 0.280. The maximum atomic E-state index is 10.7. The van der Waals surface area contributed by atoms with E-state index in [-0.39, 0.29) is 6.42 Å². The molecule has 0 aliphatic carbocycles. The smallest absolute Gasteiger partial charge is 0.393 e. The molecule has 7 heteroatoms. The second kappa shape index (κ2) is 16.9. The van der Waals surface area contributed by atoms with Crippen molar-refractivity contribution in [2.75, 3.05) is 13.2 Å². The van der Waals surface area contributed by atoms with Gasteiger partial charge in [-0.1, -0.05) is 103 Å². The molecular formula is C20H43O6P. The van der Waals surface area contributed by atoms with Gasteiger partial charge in [-0.25, -0.2) is 4.57 Å². The lowest BCUT2D eigenvalue weighted by Gasteiger charge is -2.25. The summed E-state index contributed by atoms with van der Waals surface area (Å²) in [5, 5.41) is 19.3. The zero-order chi connectivity index (χ0) is 20.4. The fourth-order valence-corrected chi connectivity index (χ4v) is 3.63. The Morgan fingerprint density at radius 1 is 0.741 bits per heavy atom. The fourth-order valence-electron chi connectivity index (χ4n) is 3.23. The number of unbranched alkanes of at least 4 members (excludes halogenated alkanes) is 14. The quantitative estimate of drug-likeness (QED) is 0.165. The third-order valence-electron chi connectivity index (χ3n) is 5.04. The molecule has 0 aromatic heterocycles. The monoisotopic (exact) mass is 410 g/mol. The first-order chi connectivity index (χ1) is 12.8. The molecular weight excluding hydrogens is 367 g/mol. The van der Waals surface area contributed by atoms with E-state index in [0.717, 1.165) is 12.8 Å². The number of phosphoric acid groups is 1. The molecule has 164 valence electrons. The Balaban J connectivity index is 3.42. The molecule has 0 fully saturated rings. The first-order valence-corrected chi connectivity index (χ1v) is 12.4. The van der Waals surface area contributed by atoms with Gasteiger partial charge in [0, 0.05) is 0 Å². The average Bonchev–Trinajstić information content (AvgIpc) is 2.62. The number of rotatable bonds is 20. The zero-order valence-electron chi connectivity index (χ0n) is 17.3. The van der Waals surface area contributed by atoms with Crippen molar-refractivity contribution in [3.63, 3.8) is 0 Å². The van der Waals surface area contributed by atoms with E-state index in [2.05, 4.69) is 11.4 Å². The van der Waals surface area contributed by atoms with Crippen LogP contribution in [0.1, 0.15) is 110 Å². The summed E-state index contributed by atoms with van der Waals surface area (Å²) in [6.45, 7) is 1.14. The Hall–Kier alpha value is 0.0300. The highest BCUT2D eigenvalue weighted by atomic mass is 31.2. The molecule has 0 spiro atoms. The lowest BCUT2D eigenvalue weighted by molar-refractivity contribution is -0.0600. The predicted octanol–water partition coefficient (Wildman–Crippen LogP) is 5.08. The van der Waals surface area contributed by atoms with Crippen molar-refractivity contribution >= 4 is 7.82 Å². The van der Waals surface area contributed by atoms with Crippen LogP contribution in [0.15, 0.2) is 0 Å². The van der Waals surface area contributed by atoms with Crippen molar-refractivity contribution in [1.82, 2.24) is 0 Å². The number of phosphoric ester groups is 1. The van der Waals surface area contributed by atoms with Gasteiger partial charge in [0.15, 0.2) is 0 Å². The van der Waals surface area contributed by atoms with E-state index in [9.17, 15) is 14.8 Å². The first kappa shape index (κ1) is 27.0. The first-order valence-electron chi connectivity index (χ1n) is 10.9. The largest absolute Gasteiger partial charge is 0.469 e. The average molecular weight is 411 g/mol. The molecule has 0 amide bonds. The standard InChI is InChI=1S/C20H43O6P/c1-2-3-4-5-6-7-8-9-10-11-12-13-14-15-16-17-20(22,18-21)19-26-27(23,24)25/h21-22H,2-19H2,1H3,(H2,23,24,25). The molecule has 0 aromatic rings. The molecule has 0 saturated heterocycles. The summed E-state index contributed by atoms with van der Waals surface area (Å²) in [5.41, 5.74) is -1.57. The molecule has 1 unspecified atom stereocenters. The van der Waals surface area contributed by atoms with Crippen LogP contribution in [0.25, 0.3) is 0 Å². The van der Waals surface area contributed by atoms with Gasteiger partial charge in [0.25, 0.3) is 0 Å². The molecule has 0 aliphatic rings. The number of hydrogen-bond donors (Lipinski definition) is 4. The molecule has 0 bridgehead atoms. The van der Waals surface area contributed by atoms with Gasteiger partial charge in [0.2, 0.25) is 0 Å². The van der Waals surface area contributed by atoms with Crippen molar-refractivity contribution in [2.24, 2.45) is 0 Å². The fraction of sp³-hybridized carbons (Fsp3) is 1.00. The SMILES string of the molecule is CCCCCCCCCCCCCCCCCC(O)(CO)COP(=O)(O)O. The van der Waals surface area contributed by atoms with Crippen LogP contribution >= 0.6 is 7.82 Å². The summed E-state index contributed by atoms with van der Waals surface area (Å²) in [6.07, 6.45) is 19.0. The van der Waals surface area contributed by atoms with Crippen molar-refractivity contribution < 1.29 is 29.1 Å². The van der Waals surface area contributed by atoms with Crippen molar-refractivity contribution in [3.8, 4) is 0 Å². The minimum Gasteiger partial charge on any atom is -0.393 e. The molecule has 0 radical (unpaired) electrons. The van der Waals surface area contributed by atoms with Gasteiger partial charge in [-0.3, -0.25) is 4.52 Å². The number of aliphatic hydroxyl groups is 2. The summed E-state index contributed by atoms with van der Waals surface area (Å²) in [6, 6.07) is 0. The van der Waals surface area contributed by atoms with Crippen LogP contribution < -0.4 is 0 Å². The van der Waals surface area contributed by atoms with Gasteiger partial charge < -0.3 is 20.0 Å². The molecule has 0 saturated carbocycles. The van der Waals surface area contributed by atoms with E-state index < -0.39 is 26.6 Å². The van der Waals surface area contributed by atoms with Crippen LogP contribution in [0.3, 0.4) is 0 Å². The second-order valence-corrected chi connectivity index (χ2v) is 9.09. The molecule has 4 N–H and O–H groups in total. The molecule has 0 aliphatic heterocycles. The van der Waals surface area contributed by atoms with Gasteiger partial charge in [-0.2, -0.15) is 0 Å². The van der Waals surface area contributed by atoms with Gasteiger partial charge in [0.05, 0.1) is 13.2 Å². The zero-order valence-corrected chi connectivity index (χ0v) is 18.2. The van der Waals surface area contributed by atoms with Crippen LogP contribution in [0.2, 0.25) is 0 Å². The molecule has 0 aromatic carbocycles. The van der Waals surface area contributed by atoms with E-state index in [4.69, 9.17) is 9.79 Å². The van der Waals surface area contributed by atoms with E-state index in [1.54, 1.807) is 0 Å². The van der Waals surface area contributed by atoms with Gasteiger partial charge in [-0.15, -0.1) is 0 Å². The van der Waals surface area contributed by atoms with E-state index in [1.165, 1.54) is 77.0 Å². The normalized spacial score (nSPS) is 14.4. The van der Waals surface area contributed by atoms with Crippen LogP contribution in [-0.2, 0) is 9.09 Å². The maximum absolute atomic E-state index is 10.7. The molecule has 0 rings (SSSR count). The Labute approximate surface area is 166 Å². The van der Waals surface area contributed by atoms with E-state index >= 15 is 0 Å². The van der Waals surface area contributed by atoms with Crippen LogP contribution in [-0.4, -0.2) is 38.8 Å². The van der Waals surface area contributed by atoms with Gasteiger partial charge in [-0.05, 0) is 6.42 Å². The van der Waals surface area contributed by atoms with E-state index in [0.29, 0.717) is 6.42 Å². The van der Waals surface area contributed by atoms with Crippen LogP contribution in [0.4, 0.5) is 0 Å². The summed E-state index contributed by atoms with van der Waals surface area (Å²) >= 11 is 0. The van der Waals surface area contributed by atoms with Crippen molar-refractivity contribution in [3.05, 3.63) is 0 Å². The predicted molar refractivity (Wildman–Crippen MR) is 110 cm³/mol. The summed E-state index contributed by atoms with van der Waals surface area (Å²) in [7, 11) is -4.62. The lowest BCUT2D eigenvalue weighted by atomic mass is 9.97. The summed E-state index contributed by atoms with van der Waals surface area (Å²) in [5.74, 6) is 0. The van der Waals surface area contributed by atoms with Crippen molar-refractivity contribution in [2.45, 2.75) is 115 Å². The maximum Gasteiger partial charge on any atom is 0.469 e. The number of aliphatic hydroxyl groups excluding tert-OH is 1. The Kier molecular flexibility index (Phi) is 17.0. The minimum atomic E-state index is -4.62. The highest BCUT2D eigenvalue weighted by molar-refractivity contribution is 7.46. The van der Waals surface area contributed by atoms with Crippen LogP contribution in [0.5, 0.6) is 0 Å². The van der Waals surface area contributed by atoms with E-state index in [1.807, 2.05) is 0 Å². The third kappa shape index (κ3) is 19.1. The van der Waals surface area contributed by atoms with Gasteiger partial charge in [0.1, 0.15) is 5.60 Å². The molecule has 1 atom stereocenters. The second-order valence-electron chi connectivity index (χ2n) is 7.85. The Bertz CT molecular complexity index is 373. The summed E-state index contributed by atoms with van der Waals surface area (Å²) < 4.78 is 15.0. The molecule has 27 heavy (non-hydrogen) atoms. The third-order valence-corrected chi connectivity index (χ3v) is 5.51. The van der Waals surface area contributed by atoms with Crippen LogP contribution in [0, 0.1) is 0 Å². The Morgan fingerprint density at radius 3 is 1.44 bits per heavy atom. The lowest BCUT2D eigenvalue weighted by Crippen LogP contribution is -2.38. The van der Waals surface area contributed by atoms with Crippen molar-refractivity contribution in [1.29, 1.82) is 0 Å². The topological polar surface area (TPSA) is 107 Å².